The fourth-order valence-electron chi connectivity index (χ4n) is 2.78. The van der Waals surface area contributed by atoms with Crippen LogP contribution in [0.2, 0.25) is 0 Å². The molecule has 0 radical (unpaired) electrons. The minimum Gasteiger partial charge on any atom is -0.278 e. The second-order valence-corrected chi connectivity index (χ2v) is 5.87. The fraction of sp³-hybridized carbons (Fsp3) is 0.176. The summed E-state index contributed by atoms with van der Waals surface area (Å²) < 4.78 is 3.13. The summed E-state index contributed by atoms with van der Waals surface area (Å²) in [7, 11) is 0. The number of nitrogens with one attached hydrogen (secondary N) is 1. The number of hydrogen-bond donors (Lipinski definition) is 1. The lowest BCUT2D eigenvalue weighted by atomic mass is 10.00. The van der Waals surface area contributed by atoms with E-state index in [0.717, 1.165) is 11.3 Å². The summed E-state index contributed by atoms with van der Waals surface area (Å²) in [5.74, 6) is 0.382. The zero-order valence-corrected chi connectivity index (χ0v) is 13.3. The summed E-state index contributed by atoms with van der Waals surface area (Å²) in [6.07, 6.45) is 5.07. The number of aromatic amines is 1. The van der Waals surface area contributed by atoms with Crippen molar-refractivity contribution < 1.29 is 0 Å². The first-order valence-corrected chi connectivity index (χ1v) is 7.71. The Labute approximate surface area is 137 Å². The van der Waals surface area contributed by atoms with Gasteiger partial charge in [0.15, 0.2) is 0 Å². The van der Waals surface area contributed by atoms with E-state index in [2.05, 4.69) is 20.2 Å². The van der Waals surface area contributed by atoms with Crippen LogP contribution >= 0.6 is 0 Å². The lowest BCUT2D eigenvalue weighted by molar-refractivity contribution is 0.797. The first-order chi connectivity index (χ1) is 11.6. The third kappa shape index (κ3) is 2.21. The third-order valence-corrected chi connectivity index (χ3v) is 3.92. The van der Waals surface area contributed by atoms with Crippen molar-refractivity contribution in [1.29, 1.82) is 0 Å². The number of fused-ring (bicyclic) bond motifs is 1. The van der Waals surface area contributed by atoms with E-state index in [1.165, 1.54) is 10.8 Å². The Hall–Kier alpha value is -3.22. The highest BCUT2D eigenvalue weighted by atomic mass is 16.1. The molecule has 0 aliphatic rings. The van der Waals surface area contributed by atoms with Gasteiger partial charge in [-0.15, -0.1) is 0 Å². The molecule has 0 saturated heterocycles. The number of nitrogens with zero attached hydrogens (tertiary/aromatic N) is 5. The molecule has 3 heterocycles. The maximum absolute atomic E-state index is 12.7. The Morgan fingerprint density at radius 3 is 2.71 bits per heavy atom. The van der Waals surface area contributed by atoms with Crippen molar-refractivity contribution in [2.75, 3.05) is 0 Å². The summed E-state index contributed by atoms with van der Waals surface area (Å²) in [6, 6.07) is 9.81. The van der Waals surface area contributed by atoms with Crippen LogP contribution in [0.4, 0.5) is 0 Å². The maximum atomic E-state index is 12.7. The van der Waals surface area contributed by atoms with Crippen molar-refractivity contribution >= 4 is 5.78 Å². The zero-order valence-electron chi connectivity index (χ0n) is 13.3. The van der Waals surface area contributed by atoms with Crippen molar-refractivity contribution in [3.05, 3.63) is 65.0 Å². The number of aromatic nitrogens is 6. The van der Waals surface area contributed by atoms with E-state index in [1.54, 1.807) is 10.9 Å². The van der Waals surface area contributed by atoms with Crippen LogP contribution < -0.4 is 5.56 Å². The van der Waals surface area contributed by atoms with E-state index in [9.17, 15) is 4.79 Å². The first kappa shape index (κ1) is 14.4. The van der Waals surface area contributed by atoms with Gasteiger partial charge in [0.1, 0.15) is 6.33 Å². The third-order valence-electron chi connectivity index (χ3n) is 3.92. The molecule has 7 nitrogen and oxygen atoms in total. The minimum absolute atomic E-state index is 0.0280. The van der Waals surface area contributed by atoms with Gasteiger partial charge in [0, 0.05) is 17.3 Å². The molecule has 1 N–H and O–H groups in total. The van der Waals surface area contributed by atoms with Crippen LogP contribution in [0.3, 0.4) is 0 Å². The zero-order chi connectivity index (χ0) is 16.7. The van der Waals surface area contributed by atoms with Crippen LogP contribution in [-0.4, -0.2) is 29.4 Å². The summed E-state index contributed by atoms with van der Waals surface area (Å²) in [4.78, 5) is 21.4. The molecule has 0 spiro atoms. The highest BCUT2D eigenvalue weighted by molar-refractivity contribution is 5.64. The minimum atomic E-state index is -0.130. The number of benzene rings is 1. The molecule has 7 heteroatoms. The number of H-pyrrole nitrogens is 1. The van der Waals surface area contributed by atoms with Crippen molar-refractivity contribution in [2.45, 2.75) is 19.8 Å². The largest absolute Gasteiger partial charge is 0.278 e. The van der Waals surface area contributed by atoms with E-state index in [0.29, 0.717) is 17.0 Å². The van der Waals surface area contributed by atoms with Crippen molar-refractivity contribution in [3.8, 4) is 16.9 Å². The number of hydrogen-bond acceptors (Lipinski definition) is 4. The summed E-state index contributed by atoms with van der Waals surface area (Å²) in [6.45, 7) is 3.96. The van der Waals surface area contributed by atoms with E-state index in [-0.39, 0.29) is 11.5 Å². The predicted octanol–water partition coefficient (Wildman–Crippen LogP) is 2.39. The second kappa shape index (κ2) is 5.45. The molecule has 3 aromatic heterocycles. The molecule has 0 aliphatic heterocycles. The van der Waals surface area contributed by atoms with E-state index in [1.807, 2.05) is 50.4 Å². The molecule has 4 aromatic rings. The fourth-order valence-corrected chi connectivity index (χ4v) is 2.78. The highest BCUT2D eigenvalue weighted by Crippen LogP contribution is 2.25. The molecular formula is C17H16N6O. The van der Waals surface area contributed by atoms with Crippen LogP contribution in [0.1, 0.15) is 25.3 Å². The van der Waals surface area contributed by atoms with Crippen LogP contribution in [0.25, 0.3) is 22.7 Å². The van der Waals surface area contributed by atoms with Gasteiger partial charge < -0.3 is 0 Å². The second-order valence-electron chi connectivity index (χ2n) is 5.87. The molecular weight excluding hydrogens is 304 g/mol. The topological polar surface area (TPSA) is 80.9 Å². The molecule has 1 aromatic carbocycles. The highest BCUT2D eigenvalue weighted by Gasteiger charge is 2.19. The van der Waals surface area contributed by atoms with Crippen molar-refractivity contribution in [1.82, 2.24) is 29.4 Å². The lowest BCUT2D eigenvalue weighted by Gasteiger charge is -2.09. The van der Waals surface area contributed by atoms with Gasteiger partial charge in [-0.2, -0.15) is 9.61 Å². The molecule has 120 valence electrons. The molecule has 0 aliphatic carbocycles. The quantitative estimate of drug-likeness (QED) is 0.628. The van der Waals surface area contributed by atoms with E-state index < -0.39 is 0 Å². The molecule has 4 rings (SSSR count). The van der Waals surface area contributed by atoms with Gasteiger partial charge in [-0.05, 0) is 18.1 Å². The van der Waals surface area contributed by atoms with Crippen molar-refractivity contribution in [3.63, 3.8) is 0 Å². The van der Waals surface area contributed by atoms with Gasteiger partial charge in [-0.3, -0.25) is 9.89 Å². The van der Waals surface area contributed by atoms with Gasteiger partial charge in [-0.1, -0.05) is 32.0 Å². The van der Waals surface area contributed by atoms with Gasteiger partial charge in [0.05, 0.1) is 17.6 Å². The Bertz CT molecular complexity index is 1060. The molecule has 0 unspecified atom stereocenters. The standard InChI is InChI=1S/C17H16N6O/c1-11(2)14-15(21-17-18-10-20-23(17)16(14)24)12-8-19-22(9-12)13-6-4-3-5-7-13/h3-11H,1-2H3,(H,18,20,21). The normalized spacial score (nSPS) is 11.5. The number of rotatable bonds is 3. The smallest absolute Gasteiger partial charge is 0.278 e. The van der Waals surface area contributed by atoms with E-state index >= 15 is 0 Å². The Kier molecular flexibility index (Phi) is 3.26. The van der Waals surface area contributed by atoms with Gasteiger partial charge >= 0.3 is 0 Å². The molecule has 0 fully saturated rings. The predicted molar refractivity (Wildman–Crippen MR) is 90.3 cm³/mol. The average molecular weight is 320 g/mol. The average Bonchev–Trinajstić information content (AvgIpc) is 3.24. The maximum Gasteiger partial charge on any atom is 0.278 e. The Morgan fingerprint density at radius 1 is 1.17 bits per heavy atom. The molecule has 0 bridgehead atoms. The summed E-state index contributed by atoms with van der Waals surface area (Å²) in [5, 5.41) is 7.20. The van der Waals surface area contributed by atoms with Crippen LogP contribution in [0.15, 0.2) is 53.8 Å². The van der Waals surface area contributed by atoms with Gasteiger partial charge in [0.25, 0.3) is 11.3 Å². The van der Waals surface area contributed by atoms with Crippen LogP contribution in [-0.2, 0) is 0 Å². The van der Waals surface area contributed by atoms with E-state index in [4.69, 9.17) is 0 Å². The van der Waals surface area contributed by atoms with Crippen molar-refractivity contribution in [2.24, 2.45) is 0 Å². The van der Waals surface area contributed by atoms with Gasteiger partial charge in [0.2, 0.25) is 0 Å². The summed E-state index contributed by atoms with van der Waals surface area (Å²) >= 11 is 0. The Balaban J connectivity index is 1.92. The first-order valence-electron chi connectivity index (χ1n) is 7.71. The summed E-state index contributed by atoms with van der Waals surface area (Å²) in [5.41, 5.74) is 2.89. The SMILES string of the molecule is CC(C)c1c(-c2cnn(-c3ccccc3)c2)nc2nc[nH]n2c1=O. The Morgan fingerprint density at radius 2 is 1.96 bits per heavy atom. The number of para-hydroxylation sites is 1. The lowest BCUT2D eigenvalue weighted by Crippen LogP contribution is -2.22. The van der Waals surface area contributed by atoms with Crippen LogP contribution in [0, 0.1) is 0 Å². The van der Waals surface area contributed by atoms with Crippen LogP contribution in [0.5, 0.6) is 0 Å². The molecule has 0 amide bonds. The monoisotopic (exact) mass is 320 g/mol. The molecule has 0 saturated carbocycles. The molecule has 24 heavy (non-hydrogen) atoms. The molecule has 0 atom stereocenters. The van der Waals surface area contributed by atoms with Gasteiger partial charge in [-0.25, -0.2) is 14.6 Å².